The Hall–Kier alpha value is -2.49. The van der Waals surface area contributed by atoms with Gasteiger partial charge in [-0.1, -0.05) is 48.2 Å². The Morgan fingerprint density at radius 1 is 1.00 bits per heavy atom. The molecule has 2 aromatic rings. The van der Waals surface area contributed by atoms with E-state index in [2.05, 4.69) is 27.5 Å². The quantitative estimate of drug-likeness (QED) is 0.504. The predicted molar refractivity (Wildman–Crippen MR) is 118 cm³/mol. The SMILES string of the molecule is CN1CCN(C[C@H](NC(=O)C(=O)Nc2cccc(SC(F)F)c2)c2ccccc2)CC1. The van der Waals surface area contributed by atoms with Crippen LogP contribution in [0.25, 0.3) is 0 Å². The zero-order valence-corrected chi connectivity index (χ0v) is 18.1. The number of likely N-dealkylation sites (N-methyl/N-ethyl adjacent to an activating group) is 1. The van der Waals surface area contributed by atoms with Crippen molar-refractivity contribution < 1.29 is 18.4 Å². The van der Waals surface area contributed by atoms with Crippen LogP contribution in [0.4, 0.5) is 14.5 Å². The molecule has 2 amide bonds. The van der Waals surface area contributed by atoms with Crippen LogP contribution in [0.5, 0.6) is 0 Å². The molecule has 6 nitrogen and oxygen atoms in total. The number of nitrogens with one attached hydrogen (secondary N) is 2. The first kappa shape index (κ1) is 23.2. The van der Waals surface area contributed by atoms with Crippen molar-refractivity contribution in [2.45, 2.75) is 16.7 Å². The van der Waals surface area contributed by atoms with Crippen molar-refractivity contribution in [3.05, 3.63) is 60.2 Å². The molecule has 3 rings (SSSR count). The van der Waals surface area contributed by atoms with Gasteiger partial charge in [0.15, 0.2) is 0 Å². The first-order valence-corrected chi connectivity index (χ1v) is 10.9. The fraction of sp³-hybridized carbons (Fsp3) is 0.364. The van der Waals surface area contributed by atoms with Crippen LogP contribution in [0, 0.1) is 0 Å². The molecule has 1 atom stereocenters. The van der Waals surface area contributed by atoms with Gasteiger partial charge in [0.25, 0.3) is 5.76 Å². The molecule has 1 heterocycles. The second-order valence-electron chi connectivity index (χ2n) is 7.40. The number of piperazine rings is 1. The Morgan fingerprint density at radius 3 is 2.39 bits per heavy atom. The third kappa shape index (κ3) is 7.30. The van der Waals surface area contributed by atoms with Gasteiger partial charge in [0.1, 0.15) is 0 Å². The van der Waals surface area contributed by atoms with Crippen molar-refractivity contribution >= 4 is 29.3 Å². The van der Waals surface area contributed by atoms with E-state index in [0.717, 1.165) is 31.7 Å². The summed E-state index contributed by atoms with van der Waals surface area (Å²) in [6, 6.07) is 15.2. The van der Waals surface area contributed by atoms with Crippen molar-refractivity contribution in [3.8, 4) is 0 Å². The van der Waals surface area contributed by atoms with Gasteiger partial charge in [-0.2, -0.15) is 8.78 Å². The van der Waals surface area contributed by atoms with E-state index < -0.39 is 17.6 Å². The lowest BCUT2D eigenvalue weighted by Gasteiger charge is -2.35. The smallest absolute Gasteiger partial charge is 0.313 e. The molecule has 1 aliphatic heterocycles. The second kappa shape index (κ2) is 11.2. The van der Waals surface area contributed by atoms with Crippen LogP contribution in [0.1, 0.15) is 11.6 Å². The number of amides is 2. The number of carbonyl (C=O) groups is 2. The van der Waals surface area contributed by atoms with Crippen molar-refractivity contribution in [2.75, 3.05) is 45.1 Å². The molecule has 2 aromatic carbocycles. The highest BCUT2D eigenvalue weighted by Crippen LogP contribution is 2.27. The molecule has 31 heavy (non-hydrogen) atoms. The van der Waals surface area contributed by atoms with Gasteiger partial charge in [0.05, 0.1) is 6.04 Å². The summed E-state index contributed by atoms with van der Waals surface area (Å²) in [6.07, 6.45) is 0. The summed E-state index contributed by atoms with van der Waals surface area (Å²) in [4.78, 5) is 29.9. The monoisotopic (exact) mass is 448 g/mol. The molecule has 0 unspecified atom stereocenters. The van der Waals surface area contributed by atoms with Gasteiger partial charge < -0.3 is 15.5 Å². The third-order valence-corrected chi connectivity index (χ3v) is 5.77. The Labute approximate surface area is 185 Å². The molecule has 1 fully saturated rings. The summed E-state index contributed by atoms with van der Waals surface area (Å²) in [6.45, 7) is 4.26. The van der Waals surface area contributed by atoms with Gasteiger partial charge in [-0.05, 0) is 30.8 Å². The van der Waals surface area contributed by atoms with Crippen LogP contribution >= 0.6 is 11.8 Å². The maximum Gasteiger partial charge on any atom is 0.313 e. The van der Waals surface area contributed by atoms with Gasteiger partial charge >= 0.3 is 11.8 Å². The number of hydrogen-bond donors (Lipinski definition) is 2. The normalized spacial score (nSPS) is 16.1. The molecular formula is C22H26F2N4O2S. The van der Waals surface area contributed by atoms with E-state index in [0.29, 0.717) is 28.9 Å². The minimum absolute atomic E-state index is 0.293. The molecule has 9 heteroatoms. The van der Waals surface area contributed by atoms with Crippen molar-refractivity contribution in [1.82, 2.24) is 15.1 Å². The summed E-state index contributed by atoms with van der Waals surface area (Å²) in [5, 5.41) is 5.32. The van der Waals surface area contributed by atoms with Gasteiger partial charge in [-0.25, -0.2) is 0 Å². The number of hydrogen-bond acceptors (Lipinski definition) is 5. The summed E-state index contributed by atoms with van der Waals surface area (Å²) in [7, 11) is 2.08. The van der Waals surface area contributed by atoms with Crippen LogP contribution in [0.2, 0.25) is 0 Å². The molecule has 0 aliphatic carbocycles. The van der Waals surface area contributed by atoms with Crippen LogP contribution in [0.15, 0.2) is 59.5 Å². The van der Waals surface area contributed by atoms with Crippen LogP contribution < -0.4 is 10.6 Å². The largest absolute Gasteiger partial charge is 0.340 e. The zero-order chi connectivity index (χ0) is 22.2. The van der Waals surface area contributed by atoms with Crippen LogP contribution in [-0.2, 0) is 9.59 Å². The fourth-order valence-electron chi connectivity index (χ4n) is 3.37. The van der Waals surface area contributed by atoms with E-state index >= 15 is 0 Å². The van der Waals surface area contributed by atoms with Crippen molar-refractivity contribution in [1.29, 1.82) is 0 Å². The van der Waals surface area contributed by atoms with Gasteiger partial charge in [-0.15, -0.1) is 0 Å². The minimum Gasteiger partial charge on any atom is -0.340 e. The fourth-order valence-corrected chi connectivity index (χ4v) is 3.93. The zero-order valence-electron chi connectivity index (χ0n) is 17.3. The van der Waals surface area contributed by atoms with E-state index in [4.69, 9.17) is 0 Å². The van der Waals surface area contributed by atoms with E-state index in [-0.39, 0.29) is 6.04 Å². The highest BCUT2D eigenvalue weighted by molar-refractivity contribution is 7.99. The number of benzene rings is 2. The number of nitrogens with zero attached hydrogens (tertiary/aromatic N) is 2. The van der Waals surface area contributed by atoms with E-state index in [1.165, 1.54) is 12.1 Å². The average molecular weight is 449 g/mol. The second-order valence-corrected chi connectivity index (χ2v) is 8.46. The molecule has 0 bridgehead atoms. The first-order chi connectivity index (χ1) is 14.9. The molecular weight excluding hydrogens is 422 g/mol. The maximum atomic E-state index is 12.6. The highest BCUT2D eigenvalue weighted by Gasteiger charge is 2.24. The van der Waals surface area contributed by atoms with E-state index in [9.17, 15) is 18.4 Å². The molecule has 2 N–H and O–H groups in total. The highest BCUT2D eigenvalue weighted by atomic mass is 32.2. The van der Waals surface area contributed by atoms with Gasteiger partial charge in [0.2, 0.25) is 0 Å². The summed E-state index contributed by atoms with van der Waals surface area (Å²) in [5.74, 6) is -4.16. The Kier molecular flexibility index (Phi) is 8.39. The lowest BCUT2D eigenvalue weighted by molar-refractivity contribution is -0.136. The standard InChI is InChI=1S/C22H26F2N4O2S/c1-27-10-12-28(13-11-27)15-19(16-6-3-2-4-7-16)26-21(30)20(29)25-17-8-5-9-18(14-17)31-22(23)24/h2-9,14,19,22H,10-13,15H2,1H3,(H,25,29)(H,26,30)/t19-/m0/s1. The lowest BCUT2D eigenvalue weighted by atomic mass is 10.1. The van der Waals surface area contributed by atoms with E-state index in [1.807, 2.05) is 30.3 Å². The topological polar surface area (TPSA) is 64.7 Å². The molecule has 0 aromatic heterocycles. The number of rotatable bonds is 7. The van der Waals surface area contributed by atoms with Crippen LogP contribution in [-0.4, -0.2) is 67.1 Å². The maximum absolute atomic E-state index is 12.6. The number of alkyl halides is 2. The Balaban J connectivity index is 1.64. The summed E-state index contributed by atoms with van der Waals surface area (Å²) >= 11 is 0.381. The van der Waals surface area contributed by atoms with Gasteiger partial charge in [0, 0.05) is 43.3 Å². The molecule has 0 saturated carbocycles. The number of thioether (sulfide) groups is 1. The van der Waals surface area contributed by atoms with E-state index in [1.54, 1.807) is 12.1 Å². The number of carbonyl (C=O) groups excluding carboxylic acids is 2. The molecule has 0 spiro atoms. The lowest BCUT2D eigenvalue weighted by Crippen LogP contribution is -2.48. The molecule has 1 saturated heterocycles. The van der Waals surface area contributed by atoms with Crippen LogP contribution in [0.3, 0.4) is 0 Å². The number of halogens is 2. The summed E-state index contributed by atoms with van der Waals surface area (Å²) < 4.78 is 25.1. The first-order valence-electron chi connectivity index (χ1n) is 10.0. The molecule has 1 aliphatic rings. The number of anilines is 1. The molecule has 166 valence electrons. The Bertz CT molecular complexity index is 877. The van der Waals surface area contributed by atoms with Gasteiger partial charge in [-0.3, -0.25) is 14.5 Å². The Morgan fingerprint density at radius 2 is 1.71 bits per heavy atom. The van der Waals surface area contributed by atoms with Crippen molar-refractivity contribution in [3.63, 3.8) is 0 Å². The van der Waals surface area contributed by atoms with Crippen molar-refractivity contribution in [2.24, 2.45) is 0 Å². The minimum atomic E-state index is -2.56. The third-order valence-electron chi connectivity index (χ3n) is 5.07. The summed E-state index contributed by atoms with van der Waals surface area (Å²) in [5.41, 5.74) is 1.21. The average Bonchev–Trinajstić information content (AvgIpc) is 2.75. The molecule has 0 radical (unpaired) electrons. The predicted octanol–water partition coefficient (Wildman–Crippen LogP) is 3.04.